The molecule has 8 heteroatoms. The third-order valence-corrected chi connectivity index (χ3v) is 6.10. The molecule has 1 aromatic carbocycles. The summed E-state index contributed by atoms with van der Waals surface area (Å²) in [6, 6.07) is 3.50. The van der Waals surface area contributed by atoms with E-state index in [1.165, 1.54) is 7.11 Å². The van der Waals surface area contributed by atoms with E-state index in [-0.39, 0.29) is 23.9 Å². The molecule has 0 saturated heterocycles. The predicted octanol–water partition coefficient (Wildman–Crippen LogP) is 6.02. The number of nitrogens with one attached hydrogen (secondary N) is 1. The molecular weight excluding hydrogens is 415 g/mol. The lowest BCUT2D eigenvalue weighted by Crippen LogP contribution is -2.12. The minimum absolute atomic E-state index is 0.0255. The lowest BCUT2D eigenvalue weighted by molar-refractivity contribution is 0.350. The number of rotatable bonds is 11. The molecule has 0 aliphatic carbocycles. The molecule has 2 rings (SSSR count). The zero-order valence-corrected chi connectivity index (χ0v) is 20.2. The van der Waals surface area contributed by atoms with Gasteiger partial charge >= 0.3 is 7.60 Å². The zero-order valence-electron chi connectivity index (χ0n) is 19.3. The van der Waals surface area contributed by atoms with E-state index >= 15 is 0 Å². The topological polar surface area (TPSA) is 101 Å². The molecule has 0 saturated carbocycles. The number of unbranched alkanes of at least 4 members (excludes halogenated alkanes) is 1. The summed E-state index contributed by atoms with van der Waals surface area (Å²) >= 11 is 0. The molecule has 0 fully saturated rings. The van der Waals surface area contributed by atoms with Crippen molar-refractivity contribution in [3.8, 4) is 17.2 Å². The minimum Gasteiger partial charge on any atom is -0.504 e. The second-order valence-electron chi connectivity index (χ2n) is 8.24. The number of benzene rings is 1. The largest absolute Gasteiger partial charge is 0.504 e. The molecule has 31 heavy (non-hydrogen) atoms. The van der Waals surface area contributed by atoms with E-state index in [0.717, 1.165) is 18.4 Å². The second-order valence-corrected chi connectivity index (χ2v) is 10.0. The highest BCUT2D eigenvalue weighted by Gasteiger charge is 2.32. The lowest BCUT2D eigenvalue weighted by Gasteiger charge is -2.28. The summed E-state index contributed by atoms with van der Waals surface area (Å²) in [5, 5.41) is 13.9. The van der Waals surface area contributed by atoms with Crippen LogP contribution in [0.3, 0.4) is 0 Å². The fraction of sp³-hybridized carbons (Fsp3) is 0.522. The summed E-state index contributed by atoms with van der Waals surface area (Å²) in [7, 11) is -2.59. The number of aromatic hydroxyl groups is 1. The number of methoxy groups -OCH3 is 1. The Bertz CT molecular complexity index is 916. The molecule has 0 radical (unpaired) electrons. The van der Waals surface area contributed by atoms with E-state index in [0.29, 0.717) is 34.7 Å². The third-order valence-electron chi connectivity index (χ3n) is 5.08. The first kappa shape index (κ1) is 25.0. The van der Waals surface area contributed by atoms with Gasteiger partial charge in [-0.15, -0.1) is 0 Å². The molecular formula is C23H35N2O5P. The molecule has 1 heterocycles. The van der Waals surface area contributed by atoms with E-state index in [9.17, 15) is 14.6 Å². The van der Waals surface area contributed by atoms with Crippen molar-refractivity contribution in [3.63, 3.8) is 0 Å². The molecule has 3 N–H and O–H groups in total. The van der Waals surface area contributed by atoms with Crippen molar-refractivity contribution in [1.29, 1.82) is 0 Å². The second kappa shape index (κ2) is 10.9. The number of nitrogens with zero attached hydrogens (tertiary/aromatic N) is 1. The maximum Gasteiger partial charge on any atom is 0.395 e. The van der Waals surface area contributed by atoms with Crippen molar-refractivity contribution in [1.82, 2.24) is 4.98 Å². The van der Waals surface area contributed by atoms with E-state index < -0.39 is 7.60 Å². The maximum absolute atomic E-state index is 13.1. The Hall–Kier alpha value is -2.24. The Morgan fingerprint density at radius 3 is 2.35 bits per heavy atom. The first-order valence-electron chi connectivity index (χ1n) is 10.7. The van der Waals surface area contributed by atoms with Crippen molar-refractivity contribution in [3.05, 3.63) is 41.2 Å². The number of phenolic OH excluding ortho intramolecular Hbond substituents is 1. The van der Waals surface area contributed by atoms with Gasteiger partial charge in [-0.05, 0) is 36.8 Å². The quantitative estimate of drug-likeness (QED) is 0.360. The molecule has 172 valence electrons. The van der Waals surface area contributed by atoms with Crippen molar-refractivity contribution in [2.75, 3.05) is 18.7 Å². The molecule has 0 bridgehead atoms. The number of phenols is 1. The summed E-state index contributed by atoms with van der Waals surface area (Å²) in [5.74, 6) is 0.615. The zero-order chi connectivity index (χ0) is 23.2. The van der Waals surface area contributed by atoms with Crippen LogP contribution in [0.5, 0.6) is 17.2 Å². The van der Waals surface area contributed by atoms with Crippen molar-refractivity contribution in [2.45, 2.75) is 65.7 Å². The SMILES string of the molecule is CCCCc1c(O)c(OC)c(C(C)C)c(OP(=O)(O)CNc2cccnc2)c1C(C)C. The van der Waals surface area contributed by atoms with Gasteiger partial charge in [0.15, 0.2) is 11.5 Å². The van der Waals surface area contributed by atoms with Gasteiger partial charge in [0.1, 0.15) is 12.0 Å². The van der Waals surface area contributed by atoms with Crippen LogP contribution in [0.15, 0.2) is 24.5 Å². The first-order valence-corrected chi connectivity index (χ1v) is 12.5. The summed E-state index contributed by atoms with van der Waals surface area (Å²) < 4.78 is 24.5. The van der Waals surface area contributed by atoms with Gasteiger partial charge in [-0.25, -0.2) is 4.57 Å². The van der Waals surface area contributed by atoms with Crippen molar-refractivity contribution < 1.29 is 23.8 Å². The molecule has 1 atom stereocenters. The normalized spacial score (nSPS) is 13.3. The van der Waals surface area contributed by atoms with Crippen LogP contribution >= 0.6 is 7.60 Å². The number of hydrogen-bond donors (Lipinski definition) is 3. The molecule has 0 aliphatic heterocycles. The molecule has 1 unspecified atom stereocenters. The molecule has 0 amide bonds. The number of anilines is 1. The van der Waals surface area contributed by atoms with E-state index in [4.69, 9.17) is 9.26 Å². The Morgan fingerprint density at radius 2 is 1.84 bits per heavy atom. The summed E-state index contributed by atoms with van der Waals surface area (Å²) in [5.41, 5.74) is 2.69. The van der Waals surface area contributed by atoms with Gasteiger partial charge in [-0.3, -0.25) is 4.98 Å². The molecule has 1 aromatic heterocycles. The Balaban J connectivity index is 2.57. The fourth-order valence-corrected chi connectivity index (χ4v) is 4.59. The van der Waals surface area contributed by atoms with Gasteiger partial charge in [0, 0.05) is 29.1 Å². The Labute approximate surface area is 185 Å². The number of aromatic nitrogens is 1. The molecule has 7 nitrogen and oxygen atoms in total. The monoisotopic (exact) mass is 450 g/mol. The van der Waals surface area contributed by atoms with Gasteiger partial charge in [0.05, 0.1) is 12.8 Å². The number of ether oxygens (including phenoxy) is 1. The Kier molecular flexibility index (Phi) is 8.78. The van der Waals surface area contributed by atoms with Crippen molar-refractivity contribution >= 4 is 13.3 Å². The van der Waals surface area contributed by atoms with Crippen LogP contribution in [-0.2, 0) is 11.0 Å². The average molecular weight is 451 g/mol. The van der Waals surface area contributed by atoms with Crippen LogP contribution in [0.1, 0.15) is 76.0 Å². The van der Waals surface area contributed by atoms with Gasteiger partial charge < -0.3 is 24.6 Å². The summed E-state index contributed by atoms with van der Waals surface area (Å²) in [6.07, 6.45) is 5.38. The van der Waals surface area contributed by atoms with Gasteiger partial charge in [0.2, 0.25) is 0 Å². The third kappa shape index (κ3) is 6.14. The van der Waals surface area contributed by atoms with E-state index in [1.807, 2.05) is 27.7 Å². The van der Waals surface area contributed by atoms with Crippen LogP contribution in [0.2, 0.25) is 0 Å². The molecule has 2 aromatic rings. The minimum atomic E-state index is -4.08. The van der Waals surface area contributed by atoms with Crippen LogP contribution in [-0.4, -0.2) is 28.4 Å². The highest BCUT2D eigenvalue weighted by atomic mass is 31.2. The number of hydrogen-bond acceptors (Lipinski definition) is 6. The van der Waals surface area contributed by atoms with E-state index in [2.05, 4.69) is 17.2 Å². The van der Waals surface area contributed by atoms with Gasteiger partial charge in [-0.2, -0.15) is 0 Å². The standard InChI is InChI=1S/C23H35N2O5P/c1-7-8-11-18-19(15(2)3)22(20(16(4)5)23(29-6)21(18)26)30-31(27,28)14-25-17-10-9-12-24-13-17/h9-10,12-13,15-16,25-26H,7-8,11,14H2,1-6H3,(H,27,28). The van der Waals surface area contributed by atoms with Crippen LogP contribution in [0.4, 0.5) is 5.69 Å². The summed E-state index contributed by atoms with van der Waals surface area (Å²) in [6.45, 7) is 9.94. The molecule has 0 aliphatic rings. The van der Waals surface area contributed by atoms with Crippen LogP contribution in [0, 0.1) is 0 Å². The fourth-order valence-electron chi connectivity index (χ4n) is 3.66. The van der Waals surface area contributed by atoms with Gasteiger partial charge in [-0.1, -0.05) is 41.0 Å². The first-order chi connectivity index (χ1) is 14.6. The lowest BCUT2D eigenvalue weighted by atomic mass is 9.86. The summed E-state index contributed by atoms with van der Waals surface area (Å²) in [4.78, 5) is 14.7. The maximum atomic E-state index is 13.1. The average Bonchev–Trinajstić information content (AvgIpc) is 2.71. The van der Waals surface area contributed by atoms with Crippen LogP contribution in [0.25, 0.3) is 0 Å². The predicted molar refractivity (Wildman–Crippen MR) is 125 cm³/mol. The van der Waals surface area contributed by atoms with Gasteiger partial charge in [0.25, 0.3) is 0 Å². The van der Waals surface area contributed by atoms with Crippen LogP contribution < -0.4 is 14.6 Å². The smallest absolute Gasteiger partial charge is 0.395 e. The highest BCUT2D eigenvalue weighted by Crippen LogP contribution is 2.54. The van der Waals surface area contributed by atoms with Crippen molar-refractivity contribution in [2.24, 2.45) is 0 Å². The molecule has 0 spiro atoms. The Morgan fingerprint density at radius 1 is 1.16 bits per heavy atom. The van der Waals surface area contributed by atoms with E-state index in [1.54, 1.807) is 24.5 Å². The number of pyridine rings is 1. The highest BCUT2D eigenvalue weighted by molar-refractivity contribution is 7.53.